The molecule has 0 bridgehead atoms. The van der Waals surface area contributed by atoms with Crippen LogP contribution in [0.15, 0.2) is 54.2 Å². The number of aromatic nitrogens is 5. The van der Waals surface area contributed by atoms with Crippen LogP contribution in [0.2, 0.25) is 0 Å². The van der Waals surface area contributed by atoms with Gasteiger partial charge in [-0.25, -0.2) is 28.1 Å². The van der Waals surface area contributed by atoms with Crippen LogP contribution in [0.3, 0.4) is 0 Å². The van der Waals surface area contributed by atoms with E-state index in [4.69, 9.17) is 0 Å². The molecule has 0 saturated carbocycles. The molecule has 2 aromatic heterocycles. The lowest BCUT2D eigenvalue weighted by molar-refractivity contribution is 0.0746. The van der Waals surface area contributed by atoms with Crippen LogP contribution in [0.5, 0.6) is 0 Å². The predicted octanol–water partition coefficient (Wildman–Crippen LogP) is 0.804. The molecular formula is C21H24N8O3S. The molecule has 3 aromatic rings. The summed E-state index contributed by atoms with van der Waals surface area (Å²) in [5.41, 5.74) is 0.485. The Morgan fingerprint density at radius 2 is 1.55 bits per heavy atom. The van der Waals surface area contributed by atoms with Crippen molar-refractivity contribution in [3.63, 3.8) is 0 Å². The first-order chi connectivity index (χ1) is 16.0. The van der Waals surface area contributed by atoms with Crippen molar-refractivity contribution in [3.8, 4) is 5.82 Å². The summed E-state index contributed by atoms with van der Waals surface area (Å²) in [6.45, 7) is 3.44. The molecular weight excluding hydrogens is 444 g/mol. The summed E-state index contributed by atoms with van der Waals surface area (Å²) in [5.74, 6) is 1.28. The van der Waals surface area contributed by atoms with E-state index in [1.165, 1.54) is 29.1 Å². The molecule has 12 heteroatoms. The fraction of sp³-hybridized carbons (Fsp3) is 0.381. The molecule has 2 saturated heterocycles. The molecule has 4 heterocycles. The van der Waals surface area contributed by atoms with Crippen molar-refractivity contribution < 1.29 is 13.2 Å². The van der Waals surface area contributed by atoms with Crippen LogP contribution in [0, 0.1) is 0 Å². The second-order valence-corrected chi connectivity index (χ2v) is 9.93. The topological polar surface area (TPSA) is 117 Å². The Labute approximate surface area is 191 Å². The smallest absolute Gasteiger partial charge is 0.253 e. The van der Waals surface area contributed by atoms with E-state index in [1.54, 1.807) is 28.0 Å². The third kappa shape index (κ3) is 4.31. The summed E-state index contributed by atoms with van der Waals surface area (Å²) in [7, 11) is -3.48. The van der Waals surface area contributed by atoms with Gasteiger partial charge in [-0.3, -0.25) is 4.79 Å². The Morgan fingerprint density at radius 1 is 0.848 bits per heavy atom. The molecule has 1 aromatic carbocycles. The third-order valence-electron chi connectivity index (χ3n) is 5.99. The number of carbonyl (C=O) groups excluding carboxylic acids is 1. The van der Waals surface area contributed by atoms with Crippen molar-refractivity contribution in [1.29, 1.82) is 0 Å². The highest BCUT2D eigenvalue weighted by molar-refractivity contribution is 7.89. The third-order valence-corrected chi connectivity index (χ3v) is 7.90. The molecule has 0 N–H and O–H groups in total. The van der Waals surface area contributed by atoms with Crippen LogP contribution >= 0.6 is 0 Å². The van der Waals surface area contributed by atoms with Crippen LogP contribution in [-0.2, 0) is 10.0 Å². The molecule has 33 heavy (non-hydrogen) atoms. The molecule has 2 aliphatic rings. The maximum Gasteiger partial charge on any atom is 0.253 e. The molecule has 172 valence electrons. The van der Waals surface area contributed by atoms with Gasteiger partial charge in [0.25, 0.3) is 5.91 Å². The highest BCUT2D eigenvalue weighted by atomic mass is 32.2. The number of rotatable bonds is 5. The number of sulfonamides is 1. The zero-order valence-corrected chi connectivity index (χ0v) is 18.8. The summed E-state index contributed by atoms with van der Waals surface area (Å²) in [6, 6.07) is 8.11. The Balaban J connectivity index is 1.22. The predicted molar refractivity (Wildman–Crippen MR) is 120 cm³/mol. The average molecular weight is 469 g/mol. The lowest BCUT2D eigenvalue weighted by Crippen LogP contribution is -2.49. The van der Waals surface area contributed by atoms with Gasteiger partial charge in [0.15, 0.2) is 5.82 Å². The first kappa shape index (κ1) is 21.5. The monoisotopic (exact) mass is 468 g/mol. The van der Waals surface area contributed by atoms with E-state index < -0.39 is 10.0 Å². The number of hydrogen-bond acceptors (Lipinski definition) is 8. The van der Waals surface area contributed by atoms with Crippen molar-refractivity contribution in [2.24, 2.45) is 0 Å². The number of carbonyl (C=O) groups is 1. The van der Waals surface area contributed by atoms with Crippen molar-refractivity contribution in [1.82, 2.24) is 33.9 Å². The molecule has 2 fully saturated rings. The van der Waals surface area contributed by atoms with Crippen LogP contribution in [0.4, 0.5) is 5.82 Å². The van der Waals surface area contributed by atoms with Crippen LogP contribution in [-0.4, -0.2) is 87.5 Å². The second-order valence-electron chi connectivity index (χ2n) is 7.99. The number of piperazine rings is 1. The molecule has 2 aliphatic heterocycles. The lowest BCUT2D eigenvalue weighted by atomic mass is 10.2. The Morgan fingerprint density at radius 3 is 2.21 bits per heavy atom. The average Bonchev–Trinajstić information content (AvgIpc) is 3.59. The molecule has 0 spiro atoms. The highest BCUT2D eigenvalue weighted by Gasteiger charge is 2.28. The molecule has 1 amide bonds. The number of nitrogens with zero attached hydrogens (tertiary/aromatic N) is 8. The summed E-state index contributed by atoms with van der Waals surface area (Å²) < 4.78 is 28.5. The first-order valence-corrected chi connectivity index (χ1v) is 12.3. The van der Waals surface area contributed by atoms with Crippen LogP contribution in [0.1, 0.15) is 23.2 Å². The van der Waals surface area contributed by atoms with E-state index >= 15 is 0 Å². The van der Waals surface area contributed by atoms with E-state index in [9.17, 15) is 13.2 Å². The molecule has 0 unspecified atom stereocenters. The number of amides is 1. The fourth-order valence-electron chi connectivity index (χ4n) is 4.13. The summed E-state index contributed by atoms with van der Waals surface area (Å²) >= 11 is 0. The second kappa shape index (κ2) is 8.87. The van der Waals surface area contributed by atoms with Gasteiger partial charge in [0.1, 0.15) is 24.8 Å². The molecule has 11 nitrogen and oxygen atoms in total. The van der Waals surface area contributed by atoms with E-state index in [-0.39, 0.29) is 10.8 Å². The minimum absolute atomic E-state index is 0.106. The first-order valence-electron chi connectivity index (χ1n) is 10.8. The normalized spacial score (nSPS) is 17.5. The van der Waals surface area contributed by atoms with Crippen molar-refractivity contribution in [2.45, 2.75) is 17.7 Å². The van der Waals surface area contributed by atoms with Gasteiger partial charge in [0.2, 0.25) is 10.0 Å². The number of anilines is 1. The van der Waals surface area contributed by atoms with Gasteiger partial charge in [-0.05, 0) is 37.1 Å². The lowest BCUT2D eigenvalue weighted by Gasteiger charge is -2.35. The van der Waals surface area contributed by atoms with Gasteiger partial charge in [0.05, 0.1) is 4.90 Å². The minimum Gasteiger partial charge on any atom is -0.353 e. The van der Waals surface area contributed by atoms with E-state index in [0.29, 0.717) is 50.6 Å². The van der Waals surface area contributed by atoms with Crippen molar-refractivity contribution in [3.05, 3.63) is 54.9 Å². The zero-order chi connectivity index (χ0) is 22.8. The maximum absolute atomic E-state index is 13.0. The molecule has 0 radical (unpaired) electrons. The maximum atomic E-state index is 13.0. The SMILES string of the molecule is O=C(c1ccc(S(=O)(=O)N2CCCC2)cc1)N1CCN(c2cc(-n3cncn3)ncn2)CC1. The molecule has 0 atom stereocenters. The highest BCUT2D eigenvalue weighted by Crippen LogP contribution is 2.22. The van der Waals surface area contributed by atoms with Crippen molar-refractivity contribution >= 4 is 21.7 Å². The Kier molecular flexibility index (Phi) is 5.77. The Bertz CT molecular complexity index is 1220. The largest absolute Gasteiger partial charge is 0.353 e. The van der Waals surface area contributed by atoms with E-state index in [2.05, 4.69) is 25.0 Å². The van der Waals surface area contributed by atoms with Crippen LogP contribution < -0.4 is 4.90 Å². The van der Waals surface area contributed by atoms with Gasteiger partial charge in [-0.15, -0.1) is 0 Å². The van der Waals surface area contributed by atoms with Crippen molar-refractivity contribution in [2.75, 3.05) is 44.2 Å². The van der Waals surface area contributed by atoms with Gasteiger partial charge in [0, 0.05) is 50.9 Å². The van der Waals surface area contributed by atoms with Gasteiger partial charge in [-0.2, -0.15) is 9.40 Å². The summed E-state index contributed by atoms with van der Waals surface area (Å²) in [5, 5.41) is 4.09. The minimum atomic E-state index is -3.48. The zero-order valence-electron chi connectivity index (χ0n) is 18.0. The number of hydrogen-bond donors (Lipinski definition) is 0. The number of benzene rings is 1. The van der Waals surface area contributed by atoms with E-state index in [1.807, 2.05) is 6.07 Å². The van der Waals surface area contributed by atoms with Crippen LogP contribution in [0.25, 0.3) is 5.82 Å². The molecule has 0 aliphatic carbocycles. The van der Waals surface area contributed by atoms with Gasteiger partial charge < -0.3 is 9.80 Å². The van der Waals surface area contributed by atoms with Gasteiger partial charge in [-0.1, -0.05) is 0 Å². The van der Waals surface area contributed by atoms with Gasteiger partial charge >= 0.3 is 0 Å². The summed E-state index contributed by atoms with van der Waals surface area (Å²) in [6.07, 6.45) is 6.28. The molecule has 5 rings (SSSR count). The van der Waals surface area contributed by atoms with E-state index in [0.717, 1.165) is 18.7 Å². The standard InChI is InChI=1S/C21H24N8O3S/c30-21(17-3-5-18(6-4-17)33(31,32)28-7-1-2-8-28)27-11-9-26(10-12-27)19-13-20(24-15-23-19)29-16-22-14-25-29/h3-6,13-16H,1-2,7-12H2. The summed E-state index contributed by atoms with van der Waals surface area (Å²) in [4.78, 5) is 29.6. The fourth-order valence-corrected chi connectivity index (χ4v) is 5.65. The quantitative estimate of drug-likeness (QED) is 0.540. The Hall–Kier alpha value is -3.38.